The van der Waals surface area contributed by atoms with Crippen molar-refractivity contribution < 1.29 is 4.79 Å². The Labute approximate surface area is 149 Å². The van der Waals surface area contributed by atoms with Crippen LogP contribution in [0.15, 0.2) is 29.3 Å². The highest BCUT2D eigenvalue weighted by molar-refractivity contribution is 6.30. The summed E-state index contributed by atoms with van der Waals surface area (Å²) in [5.41, 5.74) is 0.994. The van der Waals surface area contributed by atoms with Crippen molar-refractivity contribution >= 4 is 23.5 Å². The van der Waals surface area contributed by atoms with Gasteiger partial charge in [0.05, 0.1) is 0 Å². The van der Waals surface area contributed by atoms with Crippen LogP contribution >= 0.6 is 11.6 Å². The number of aliphatic imine (C=N–C) groups is 1. The van der Waals surface area contributed by atoms with Crippen molar-refractivity contribution in [2.24, 2.45) is 4.99 Å². The minimum absolute atomic E-state index is 0.0816. The Morgan fingerprint density at radius 3 is 2.75 bits per heavy atom. The normalized spacial score (nSPS) is 20.5. The van der Waals surface area contributed by atoms with Crippen LogP contribution < -0.4 is 16.0 Å². The lowest BCUT2D eigenvalue weighted by Gasteiger charge is -2.20. The number of halogens is 1. The number of carbonyl (C=O) groups is 1. The SMILES string of the molecule is CCNC(=NCC(=O)NC(C)(C)C)NC1CC1c1cccc(Cl)c1. The second-order valence-electron chi connectivity index (χ2n) is 7.14. The highest BCUT2D eigenvalue weighted by Gasteiger charge is 2.39. The van der Waals surface area contributed by atoms with Gasteiger partial charge in [-0.1, -0.05) is 23.7 Å². The van der Waals surface area contributed by atoms with Gasteiger partial charge in [-0.2, -0.15) is 0 Å². The van der Waals surface area contributed by atoms with Crippen LogP contribution in [0.25, 0.3) is 0 Å². The van der Waals surface area contributed by atoms with Gasteiger partial charge < -0.3 is 16.0 Å². The number of nitrogens with one attached hydrogen (secondary N) is 3. The summed E-state index contributed by atoms with van der Waals surface area (Å²) in [7, 11) is 0. The van der Waals surface area contributed by atoms with Crippen LogP contribution in [0, 0.1) is 0 Å². The standard InChI is InChI=1S/C18H27ClN4O/c1-5-20-17(21-11-16(24)23-18(2,3)4)22-15-10-14(15)12-7-6-8-13(19)9-12/h6-9,14-15H,5,10-11H2,1-4H3,(H,23,24)(H2,20,21,22). The van der Waals surface area contributed by atoms with Gasteiger partial charge in [-0.15, -0.1) is 0 Å². The predicted molar refractivity (Wildman–Crippen MR) is 99.6 cm³/mol. The van der Waals surface area contributed by atoms with E-state index in [0.29, 0.717) is 17.9 Å². The third-order valence-electron chi connectivity index (χ3n) is 3.63. The summed E-state index contributed by atoms with van der Waals surface area (Å²) in [4.78, 5) is 16.3. The van der Waals surface area contributed by atoms with E-state index in [4.69, 9.17) is 11.6 Å². The second-order valence-corrected chi connectivity index (χ2v) is 7.58. The fourth-order valence-electron chi connectivity index (χ4n) is 2.56. The Hall–Kier alpha value is -1.75. The summed E-state index contributed by atoms with van der Waals surface area (Å²) < 4.78 is 0. The number of nitrogens with zero attached hydrogens (tertiary/aromatic N) is 1. The number of hydrogen-bond donors (Lipinski definition) is 3. The molecule has 3 N–H and O–H groups in total. The predicted octanol–water partition coefficient (Wildman–Crippen LogP) is 2.67. The van der Waals surface area contributed by atoms with Crippen molar-refractivity contribution in [2.45, 2.75) is 51.6 Å². The molecule has 0 aromatic heterocycles. The maximum absolute atomic E-state index is 11.9. The van der Waals surface area contributed by atoms with Gasteiger partial charge in [-0.05, 0) is 51.8 Å². The molecule has 5 nitrogen and oxygen atoms in total. The first-order valence-corrected chi connectivity index (χ1v) is 8.77. The molecular formula is C18H27ClN4O. The van der Waals surface area contributed by atoms with Crippen LogP contribution in [-0.2, 0) is 4.79 Å². The van der Waals surface area contributed by atoms with E-state index < -0.39 is 0 Å². The molecule has 1 aliphatic rings. The van der Waals surface area contributed by atoms with Crippen molar-refractivity contribution in [3.63, 3.8) is 0 Å². The Bertz CT molecular complexity index is 609. The van der Waals surface area contributed by atoms with Gasteiger partial charge >= 0.3 is 0 Å². The molecule has 2 unspecified atom stereocenters. The van der Waals surface area contributed by atoms with Crippen LogP contribution in [0.3, 0.4) is 0 Å². The van der Waals surface area contributed by atoms with Gasteiger partial charge in [0.2, 0.25) is 5.91 Å². The topological polar surface area (TPSA) is 65.5 Å². The van der Waals surface area contributed by atoms with E-state index in [2.05, 4.69) is 27.0 Å². The molecule has 1 fully saturated rings. The van der Waals surface area contributed by atoms with Crippen LogP contribution in [0.5, 0.6) is 0 Å². The van der Waals surface area contributed by atoms with Crippen LogP contribution in [0.4, 0.5) is 0 Å². The minimum atomic E-state index is -0.244. The highest BCUT2D eigenvalue weighted by Crippen LogP contribution is 2.41. The fraction of sp³-hybridized carbons (Fsp3) is 0.556. The summed E-state index contributed by atoms with van der Waals surface area (Å²) in [6, 6.07) is 8.29. The van der Waals surface area contributed by atoms with Gasteiger partial charge in [-0.3, -0.25) is 4.79 Å². The quantitative estimate of drug-likeness (QED) is 0.565. The van der Waals surface area contributed by atoms with Gasteiger partial charge in [0, 0.05) is 29.1 Å². The maximum atomic E-state index is 11.9. The van der Waals surface area contributed by atoms with Gasteiger partial charge in [0.25, 0.3) is 0 Å². The van der Waals surface area contributed by atoms with Crippen LogP contribution in [0.2, 0.25) is 5.02 Å². The molecule has 0 spiro atoms. The number of hydrogen-bond acceptors (Lipinski definition) is 2. The van der Waals surface area contributed by atoms with E-state index in [1.807, 2.05) is 45.9 Å². The molecule has 1 aliphatic carbocycles. The van der Waals surface area contributed by atoms with Gasteiger partial charge in [-0.25, -0.2) is 4.99 Å². The Kier molecular flexibility index (Phi) is 6.10. The van der Waals surface area contributed by atoms with Gasteiger partial charge in [0.1, 0.15) is 6.54 Å². The number of rotatable bonds is 5. The second kappa shape index (κ2) is 7.88. The van der Waals surface area contributed by atoms with E-state index in [1.54, 1.807) is 0 Å². The molecular weight excluding hydrogens is 324 g/mol. The summed E-state index contributed by atoms with van der Waals surface area (Å²) in [6.45, 7) is 8.74. The molecule has 6 heteroatoms. The molecule has 0 aliphatic heterocycles. The lowest BCUT2D eigenvalue weighted by atomic mass is 10.1. The van der Waals surface area contributed by atoms with E-state index in [-0.39, 0.29) is 18.0 Å². The van der Waals surface area contributed by atoms with E-state index in [0.717, 1.165) is 18.0 Å². The first kappa shape index (κ1) is 18.6. The smallest absolute Gasteiger partial charge is 0.242 e. The minimum Gasteiger partial charge on any atom is -0.357 e. The number of carbonyl (C=O) groups excluding carboxylic acids is 1. The highest BCUT2D eigenvalue weighted by atomic mass is 35.5. The largest absolute Gasteiger partial charge is 0.357 e. The summed E-state index contributed by atoms with van der Waals surface area (Å²) in [5, 5.41) is 10.3. The number of benzene rings is 1. The Morgan fingerprint density at radius 1 is 1.38 bits per heavy atom. The zero-order valence-corrected chi connectivity index (χ0v) is 15.6. The molecule has 0 saturated heterocycles. The molecule has 0 heterocycles. The van der Waals surface area contributed by atoms with Crippen molar-refractivity contribution in [1.82, 2.24) is 16.0 Å². The Morgan fingerprint density at radius 2 is 2.12 bits per heavy atom. The molecule has 1 aromatic rings. The van der Waals surface area contributed by atoms with E-state index in [1.165, 1.54) is 5.56 Å². The van der Waals surface area contributed by atoms with Gasteiger partial charge in [0.15, 0.2) is 5.96 Å². The first-order valence-electron chi connectivity index (χ1n) is 8.40. The first-order chi connectivity index (χ1) is 11.3. The fourth-order valence-corrected chi connectivity index (χ4v) is 2.76. The zero-order valence-electron chi connectivity index (χ0n) is 14.8. The van der Waals surface area contributed by atoms with Crippen molar-refractivity contribution in [1.29, 1.82) is 0 Å². The third kappa shape index (κ3) is 6.04. The molecule has 1 amide bonds. The molecule has 0 radical (unpaired) electrons. The summed E-state index contributed by atoms with van der Waals surface area (Å²) in [6.07, 6.45) is 1.04. The number of amides is 1. The third-order valence-corrected chi connectivity index (χ3v) is 3.86. The molecule has 132 valence electrons. The zero-order chi connectivity index (χ0) is 17.7. The Balaban J connectivity index is 1.90. The van der Waals surface area contributed by atoms with Crippen LogP contribution in [-0.4, -0.2) is 36.5 Å². The summed E-state index contributed by atoms with van der Waals surface area (Å²) in [5.74, 6) is 1.04. The van der Waals surface area contributed by atoms with E-state index in [9.17, 15) is 4.79 Å². The molecule has 24 heavy (non-hydrogen) atoms. The van der Waals surface area contributed by atoms with Crippen molar-refractivity contribution in [3.8, 4) is 0 Å². The number of guanidine groups is 1. The lowest BCUT2D eigenvalue weighted by Crippen LogP contribution is -2.43. The van der Waals surface area contributed by atoms with Crippen molar-refractivity contribution in [2.75, 3.05) is 13.1 Å². The molecule has 1 saturated carbocycles. The monoisotopic (exact) mass is 350 g/mol. The lowest BCUT2D eigenvalue weighted by molar-refractivity contribution is -0.121. The average molecular weight is 351 g/mol. The molecule has 0 bridgehead atoms. The molecule has 2 atom stereocenters. The maximum Gasteiger partial charge on any atom is 0.242 e. The average Bonchev–Trinajstić information content (AvgIpc) is 3.22. The molecule has 2 rings (SSSR count). The van der Waals surface area contributed by atoms with E-state index >= 15 is 0 Å². The summed E-state index contributed by atoms with van der Waals surface area (Å²) >= 11 is 6.06. The van der Waals surface area contributed by atoms with Crippen LogP contribution in [0.1, 0.15) is 45.6 Å². The van der Waals surface area contributed by atoms with Crippen molar-refractivity contribution in [3.05, 3.63) is 34.9 Å². The molecule has 1 aromatic carbocycles.